The monoisotopic (exact) mass is 410 g/mol. The molecule has 0 spiro atoms. The van der Waals surface area contributed by atoms with Crippen molar-refractivity contribution in [2.75, 3.05) is 26.8 Å². The molecule has 0 atom stereocenters. The largest absolute Gasteiger partial charge is 0.380 e. The van der Waals surface area contributed by atoms with Crippen LogP contribution in [0.5, 0.6) is 0 Å². The molecule has 1 heterocycles. The van der Waals surface area contributed by atoms with Gasteiger partial charge in [0.1, 0.15) is 5.76 Å². The Morgan fingerprint density at radius 1 is 1.24 bits per heavy atom. The zero-order chi connectivity index (χ0) is 14.8. The van der Waals surface area contributed by atoms with Crippen LogP contribution >= 0.6 is 24.0 Å². The summed E-state index contributed by atoms with van der Waals surface area (Å²) in [5.41, 5.74) is 2.15. The molecular formula is C14H27IN4O2. The highest BCUT2D eigenvalue weighted by atomic mass is 127. The SMILES string of the molecule is CCOCCNC(=NC)NCc1c(CC)noc1CC.I. The second kappa shape index (κ2) is 11.8. The van der Waals surface area contributed by atoms with Crippen molar-refractivity contribution in [1.82, 2.24) is 15.8 Å². The zero-order valence-corrected chi connectivity index (χ0v) is 15.7. The molecular weight excluding hydrogens is 383 g/mol. The summed E-state index contributed by atoms with van der Waals surface area (Å²) in [6, 6.07) is 0. The van der Waals surface area contributed by atoms with Gasteiger partial charge in [0, 0.05) is 38.7 Å². The van der Waals surface area contributed by atoms with E-state index in [4.69, 9.17) is 9.26 Å². The minimum absolute atomic E-state index is 0. The Labute approximate surface area is 144 Å². The van der Waals surface area contributed by atoms with Crippen LogP contribution in [-0.2, 0) is 24.1 Å². The van der Waals surface area contributed by atoms with E-state index in [0.717, 1.165) is 49.0 Å². The highest BCUT2D eigenvalue weighted by molar-refractivity contribution is 14.0. The van der Waals surface area contributed by atoms with Crippen LogP contribution in [0.1, 0.15) is 37.8 Å². The molecule has 1 rings (SSSR count). The summed E-state index contributed by atoms with van der Waals surface area (Å²) in [5, 5.41) is 10.6. The molecule has 0 aliphatic heterocycles. The minimum atomic E-state index is 0. The number of nitrogens with zero attached hydrogens (tertiary/aromatic N) is 2. The number of ether oxygens (including phenoxy) is 1. The number of hydrogen-bond acceptors (Lipinski definition) is 4. The topological polar surface area (TPSA) is 71.7 Å². The Hall–Kier alpha value is -0.830. The van der Waals surface area contributed by atoms with Gasteiger partial charge in [-0.05, 0) is 13.3 Å². The van der Waals surface area contributed by atoms with Gasteiger partial charge in [-0.3, -0.25) is 4.99 Å². The van der Waals surface area contributed by atoms with Gasteiger partial charge in [-0.15, -0.1) is 24.0 Å². The van der Waals surface area contributed by atoms with Crippen molar-refractivity contribution in [3.8, 4) is 0 Å². The lowest BCUT2D eigenvalue weighted by atomic mass is 10.1. The highest BCUT2D eigenvalue weighted by Crippen LogP contribution is 2.15. The molecule has 122 valence electrons. The molecule has 21 heavy (non-hydrogen) atoms. The lowest BCUT2D eigenvalue weighted by Crippen LogP contribution is -2.38. The lowest BCUT2D eigenvalue weighted by Gasteiger charge is -2.12. The van der Waals surface area contributed by atoms with Gasteiger partial charge < -0.3 is 19.9 Å². The van der Waals surface area contributed by atoms with Gasteiger partial charge in [-0.1, -0.05) is 19.0 Å². The first-order valence-electron chi connectivity index (χ1n) is 7.25. The Morgan fingerprint density at radius 2 is 2.00 bits per heavy atom. The van der Waals surface area contributed by atoms with Crippen LogP contribution in [0.3, 0.4) is 0 Å². The predicted molar refractivity (Wildman–Crippen MR) is 95.4 cm³/mol. The summed E-state index contributed by atoms with van der Waals surface area (Å²) in [4.78, 5) is 4.18. The van der Waals surface area contributed by atoms with E-state index in [2.05, 4.69) is 34.6 Å². The van der Waals surface area contributed by atoms with Crippen molar-refractivity contribution in [1.29, 1.82) is 0 Å². The van der Waals surface area contributed by atoms with E-state index in [1.165, 1.54) is 0 Å². The van der Waals surface area contributed by atoms with Crippen LogP contribution < -0.4 is 10.6 Å². The van der Waals surface area contributed by atoms with Crippen molar-refractivity contribution >= 4 is 29.9 Å². The van der Waals surface area contributed by atoms with Crippen molar-refractivity contribution in [3.63, 3.8) is 0 Å². The molecule has 0 aliphatic rings. The number of aromatic nitrogens is 1. The summed E-state index contributed by atoms with van der Waals surface area (Å²) >= 11 is 0. The van der Waals surface area contributed by atoms with Gasteiger partial charge in [-0.25, -0.2) is 0 Å². The Balaban J connectivity index is 0.00000400. The molecule has 0 saturated heterocycles. The fraction of sp³-hybridized carbons (Fsp3) is 0.714. The number of rotatable bonds is 8. The van der Waals surface area contributed by atoms with E-state index in [1.807, 2.05) is 6.92 Å². The molecule has 0 unspecified atom stereocenters. The van der Waals surface area contributed by atoms with Crippen molar-refractivity contribution in [2.45, 2.75) is 40.2 Å². The summed E-state index contributed by atoms with van der Waals surface area (Å²) in [6.07, 6.45) is 1.72. The maximum absolute atomic E-state index is 5.34. The van der Waals surface area contributed by atoms with Crippen molar-refractivity contribution < 1.29 is 9.26 Å². The smallest absolute Gasteiger partial charge is 0.191 e. The molecule has 6 nitrogen and oxygen atoms in total. The van der Waals surface area contributed by atoms with Gasteiger partial charge in [-0.2, -0.15) is 0 Å². The molecule has 0 bridgehead atoms. The van der Waals surface area contributed by atoms with E-state index in [9.17, 15) is 0 Å². The molecule has 0 aliphatic carbocycles. The first kappa shape index (κ1) is 20.2. The summed E-state index contributed by atoms with van der Waals surface area (Å²) < 4.78 is 10.6. The minimum Gasteiger partial charge on any atom is -0.380 e. The molecule has 0 aromatic carbocycles. The average molecular weight is 410 g/mol. The number of aliphatic imine (C=N–C) groups is 1. The van der Waals surface area contributed by atoms with Crippen LogP contribution in [-0.4, -0.2) is 37.9 Å². The standard InChI is InChI=1S/C14H26N4O2.HI/c1-5-12-11(13(6-2)20-18-12)10-17-14(15-4)16-8-9-19-7-3;/h5-10H2,1-4H3,(H2,15,16,17);1H. The normalized spacial score (nSPS) is 11.1. The molecule has 1 aromatic rings. The number of hydrogen-bond donors (Lipinski definition) is 2. The van der Waals surface area contributed by atoms with E-state index in [1.54, 1.807) is 7.05 Å². The summed E-state index contributed by atoms with van der Waals surface area (Å²) in [7, 11) is 1.76. The molecule has 0 fully saturated rings. The third-order valence-corrected chi connectivity index (χ3v) is 3.01. The van der Waals surface area contributed by atoms with Crippen LogP contribution in [0.15, 0.2) is 9.52 Å². The molecule has 0 saturated carbocycles. The van der Waals surface area contributed by atoms with Gasteiger partial charge in [0.05, 0.1) is 12.3 Å². The van der Waals surface area contributed by atoms with Crippen LogP contribution in [0.4, 0.5) is 0 Å². The van der Waals surface area contributed by atoms with Gasteiger partial charge >= 0.3 is 0 Å². The van der Waals surface area contributed by atoms with Crippen LogP contribution in [0.25, 0.3) is 0 Å². The van der Waals surface area contributed by atoms with Crippen molar-refractivity contribution in [2.24, 2.45) is 4.99 Å². The first-order valence-corrected chi connectivity index (χ1v) is 7.25. The third kappa shape index (κ3) is 6.64. The third-order valence-electron chi connectivity index (χ3n) is 3.01. The zero-order valence-electron chi connectivity index (χ0n) is 13.4. The van der Waals surface area contributed by atoms with E-state index >= 15 is 0 Å². The number of halogens is 1. The van der Waals surface area contributed by atoms with E-state index in [-0.39, 0.29) is 24.0 Å². The quantitative estimate of drug-likeness (QED) is 0.297. The number of nitrogens with one attached hydrogen (secondary N) is 2. The molecule has 0 radical (unpaired) electrons. The molecule has 1 aromatic heterocycles. The number of aryl methyl sites for hydroxylation is 2. The van der Waals surface area contributed by atoms with Gasteiger partial charge in [0.15, 0.2) is 5.96 Å². The van der Waals surface area contributed by atoms with Gasteiger partial charge in [0.2, 0.25) is 0 Å². The fourth-order valence-electron chi connectivity index (χ4n) is 1.92. The van der Waals surface area contributed by atoms with Gasteiger partial charge in [0.25, 0.3) is 0 Å². The fourth-order valence-corrected chi connectivity index (χ4v) is 1.92. The van der Waals surface area contributed by atoms with E-state index in [0.29, 0.717) is 13.2 Å². The van der Waals surface area contributed by atoms with Crippen LogP contribution in [0, 0.1) is 0 Å². The lowest BCUT2D eigenvalue weighted by molar-refractivity contribution is 0.152. The second-order valence-corrected chi connectivity index (χ2v) is 4.29. The van der Waals surface area contributed by atoms with Crippen molar-refractivity contribution in [3.05, 3.63) is 17.0 Å². The van der Waals surface area contributed by atoms with E-state index < -0.39 is 0 Å². The molecule has 2 N–H and O–H groups in total. The molecule has 0 amide bonds. The maximum Gasteiger partial charge on any atom is 0.191 e. The Morgan fingerprint density at radius 3 is 2.57 bits per heavy atom. The number of guanidine groups is 1. The van der Waals surface area contributed by atoms with Crippen LogP contribution in [0.2, 0.25) is 0 Å². The Kier molecular flexibility index (Phi) is 11.3. The second-order valence-electron chi connectivity index (χ2n) is 4.29. The highest BCUT2D eigenvalue weighted by Gasteiger charge is 2.13. The maximum atomic E-state index is 5.34. The first-order chi connectivity index (χ1) is 9.76. The summed E-state index contributed by atoms with van der Waals surface area (Å²) in [6.45, 7) is 8.94. The summed E-state index contributed by atoms with van der Waals surface area (Å²) in [5.74, 6) is 1.70. The average Bonchev–Trinajstić information content (AvgIpc) is 2.88. The molecule has 7 heteroatoms. The predicted octanol–water partition coefficient (Wildman–Crippen LogP) is 2.12. The Bertz CT molecular complexity index is 400.